The van der Waals surface area contributed by atoms with Crippen LogP contribution in [0.5, 0.6) is 5.75 Å². The molecule has 0 atom stereocenters. The van der Waals surface area contributed by atoms with Crippen LogP contribution >= 0.6 is 23.2 Å². The molecule has 1 fully saturated rings. The molecular weight excluding hydrogens is 341 g/mol. The van der Waals surface area contributed by atoms with Gasteiger partial charge in [-0.3, -0.25) is 0 Å². The van der Waals surface area contributed by atoms with Gasteiger partial charge in [0.25, 0.3) is 0 Å². The van der Waals surface area contributed by atoms with Gasteiger partial charge in [-0.05, 0) is 30.9 Å². The number of hydrogen-bond acceptors (Lipinski definition) is 4. The van der Waals surface area contributed by atoms with Gasteiger partial charge in [0.1, 0.15) is 10.8 Å². The first-order chi connectivity index (χ1) is 11.0. The van der Waals surface area contributed by atoms with Crippen molar-refractivity contribution in [1.29, 1.82) is 0 Å². The Labute approximate surface area is 143 Å². The Balaban J connectivity index is 2.04. The van der Waals surface area contributed by atoms with Gasteiger partial charge in [-0.1, -0.05) is 47.6 Å². The number of rotatable bonds is 3. The summed E-state index contributed by atoms with van der Waals surface area (Å²) in [6.07, 6.45) is 5.95. The Morgan fingerprint density at radius 3 is 2.57 bits per heavy atom. The molecule has 0 unspecified atom stereocenters. The summed E-state index contributed by atoms with van der Waals surface area (Å²) in [6, 6.07) is 1.72. The highest BCUT2D eigenvalue weighted by molar-refractivity contribution is 6.45. The van der Waals surface area contributed by atoms with Crippen molar-refractivity contribution in [3.05, 3.63) is 27.2 Å². The highest BCUT2D eigenvalue weighted by atomic mass is 35.5. The normalized spacial score (nSPS) is 20.7. The third-order valence-corrected chi connectivity index (χ3v) is 5.63. The van der Waals surface area contributed by atoms with Crippen LogP contribution in [0.3, 0.4) is 0 Å². The van der Waals surface area contributed by atoms with Gasteiger partial charge in [0.2, 0.25) is 0 Å². The summed E-state index contributed by atoms with van der Waals surface area (Å²) in [4.78, 5) is 10.7. The fourth-order valence-electron chi connectivity index (χ4n) is 3.80. The van der Waals surface area contributed by atoms with Crippen LogP contribution in [0.1, 0.15) is 43.2 Å². The summed E-state index contributed by atoms with van der Waals surface area (Å²) in [6.45, 7) is -0.485. The van der Waals surface area contributed by atoms with Crippen molar-refractivity contribution < 1.29 is 19.8 Å². The number of nitrogens with zero attached hydrogens (tertiary/aromatic N) is 1. The summed E-state index contributed by atoms with van der Waals surface area (Å²) in [5.41, 5.74) is 1.97. The molecular formula is C16H17Cl2NO4. The number of benzene rings is 1. The lowest BCUT2D eigenvalue weighted by Gasteiger charge is -2.33. The molecule has 2 aliphatic carbocycles. The quantitative estimate of drug-likeness (QED) is 0.629. The summed E-state index contributed by atoms with van der Waals surface area (Å²) in [5, 5.41) is 22.3. The Morgan fingerprint density at radius 2 is 1.96 bits per heavy atom. The first-order valence-electron chi connectivity index (χ1n) is 7.57. The van der Waals surface area contributed by atoms with Crippen molar-refractivity contribution in [2.45, 2.75) is 38.5 Å². The summed E-state index contributed by atoms with van der Waals surface area (Å²) < 4.78 is 5.23. The highest BCUT2D eigenvalue weighted by Crippen LogP contribution is 2.52. The predicted octanol–water partition coefficient (Wildman–Crippen LogP) is 4.14. The van der Waals surface area contributed by atoms with Crippen LogP contribution in [0.2, 0.25) is 10.0 Å². The van der Waals surface area contributed by atoms with Crippen molar-refractivity contribution in [3.63, 3.8) is 0 Å². The maximum atomic E-state index is 10.7. The molecule has 0 saturated heterocycles. The van der Waals surface area contributed by atoms with E-state index in [1.54, 1.807) is 6.07 Å². The molecule has 1 saturated carbocycles. The Hall–Kier alpha value is -1.46. The molecule has 0 aliphatic heterocycles. The average molecular weight is 358 g/mol. The monoisotopic (exact) mass is 357 g/mol. The third-order valence-electron chi connectivity index (χ3n) is 4.78. The topological polar surface area (TPSA) is 79.1 Å². The number of fused-ring (bicyclic) bond motifs is 1. The molecule has 0 radical (unpaired) electrons. The van der Waals surface area contributed by atoms with Crippen molar-refractivity contribution in [2.75, 3.05) is 6.61 Å². The zero-order chi connectivity index (χ0) is 16.6. The van der Waals surface area contributed by atoms with E-state index < -0.39 is 12.6 Å². The number of aliphatic carboxylic acids is 1. The van der Waals surface area contributed by atoms with E-state index in [0.29, 0.717) is 17.7 Å². The van der Waals surface area contributed by atoms with E-state index >= 15 is 0 Å². The number of carboxylic acids is 1. The van der Waals surface area contributed by atoms with Crippen molar-refractivity contribution >= 4 is 34.9 Å². The lowest BCUT2D eigenvalue weighted by molar-refractivity contribution is -0.139. The van der Waals surface area contributed by atoms with E-state index in [0.717, 1.165) is 31.2 Å². The van der Waals surface area contributed by atoms with Gasteiger partial charge in [-0.15, -0.1) is 0 Å². The second kappa shape index (κ2) is 6.21. The number of halogens is 2. The molecule has 0 aromatic heterocycles. The molecule has 5 nitrogen and oxygen atoms in total. The molecule has 0 bridgehead atoms. The molecule has 2 N–H and O–H groups in total. The fourth-order valence-corrected chi connectivity index (χ4v) is 4.31. The Morgan fingerprint density at radius 1 is 1.26 bits per heavy atom. The summed E-state index contributed by atoms with van der Waals surface area (Å²) in [7, 11) is 0. The molecule has 1 aromatic carbocycles. The largest absolute Gasteiger partial charge is 0.480 e. The van der Waals surface area contributed by atoms with Crippen molar-refractivity contribution in [1.82, 2.24) is 0 Å². The van der Waals surface area contributed by atoms with Crippen LogP contribution < -0.4 is 4.74 Å². The molecule has 124 valence electrons. The molecule has 0 amide bonds. The van der Waals surface area contributed by atoms with Gasteiger partial charge in [-0.25, -0.2) is 4.79 Å². The van der Waals surface area contributed by atoms with E-state index in [-0.39, 0.29) is 21.2 Å². The number of oxime groups is 1. The third kappa shape index (κ3) is 2.76. The standard InChI is InChI=1S/C16H17Cl2NO4/c17-13-10(23-8-11(20)21)6-9-7-16(4-2-1-3-5-16)15(19-22)12(9)14(13)18/h6,22H,1-5,7-8H2,(H,20,21). The maximum absolute atomic E-state index is 10.7. The zero-order valence-electron chi connectivity index (χ0n) is 12.4. The first kappa shape index (κ1) is 16.4. The van der Waals surface area contributed by atoms with Gasteiger partial charge < -0.3 is 15.1 Å². The fraction of sp³-hybridized carbons (Fsp3) is 0.500. The maximum Gasteiger partial charge on any atom is 0.341 e. The first-order valence-corrected chi connectivity index (χ1v) is 8.32. The summed E-state index contributed by atoms with van der Waals surface area (Å²) in [5.74, 6) is -0.831. The number of ether oxygens (including phenoxy) is 1. The van der Waals surface area contributed by atoms with Crippen LogP contribution in [-0.4, -0.2) is 28.6 Å². The molecule has 1 spiro atoms. The average Bonchev–Trinajstić information content (AvgIpc) is 2.82. The lowest BCUT2D eigenvalue weighted by atomic mass is 9.71. The van der Waals surface area contributed by atoms with E-state index in [1.165, 1.54) is 6.42 Å². The predicted molar refractivity (Wildman–Crippen MR) is 87.1 cm³/mol. The minimum absolute atomic E-state index is 0.153. The Bertz CT molecular complexity index is 681. The second-order valence-electron chi connectivity index (χ2n) is 6.19. The molecule has 7 heteroatoms. The van der Waals surface area contributed by atoms with E-state index in [9.17, 15) is 10.0 Å². The van der Waals surface area contributed by atoms with Gasteiger partial charge >= 0.3 is 5.97 Å². The molecule has 2 aliphatic rings. The van der Waals surface area contributed by atoms with Crippen LogP contribution in [0.25, 0.3) is 0 Å². The van der Waals surface area contributed by atoms with Gasteiger partial charge in [0, 0.05) is 11.0 Å². The lowest BCUT2D eigenvalue weighted by Crippen LogP contribution is -2.31. The van der Waals surface area contributed by atoms with Gasteiger partial charge in [0.15, 0.2) is 6.61 Å². The number of carbonyl (C=O) groups is 1. The van der Waals surface area contributed by atoms with Crippen LogP contribution in [-0.2, 0) is 11.2 Å². The second-order valence-corrected chi connectivity index (χ2v) is 6.94. The minimum Gasteiger partial charge on any atom is -0.480 e. The van der Waals surface area contributed by atoms with Crippen molar-refractivity contribution in [2.24, 2.45) is 10.6 Å². The minimum atomic E-state index is -1.08. The molecule has 0 heterocycles. The van der Waals surface area contributed by atoms with Crippen LogP contribution in [0.15, 0.2) is 11.2 Å². The summed E-state index contributed by atoms with van der Waals surface area (Å²) >= 11 is 12.6. The van der Waals surface area contributed by atoms with E-state index in [2.05, 4.69) is 5.16 Å². The van der Waals surface area contributed by atoms with E-state index in [4.69, 9.17) is 33.0 Å². The molecule has 3 rings (SSSR count). The molecule has 23 heavy (non-hydrogen) atoms. The van der Waals surface area contributed by atoms with Gasteiger partial charge in [-0.2, -0.15) is 0 Å². The highest BCUT2D eigenvalue weighted by Gasteiger charge is 2.46. The Kier molecular flexibility index (Phi) is 4.43. The zero-order valence-corrected chi connectivity index (χ0v) is 14.0. The van der Waals surface area contributed by atoms with Crippen molar-refractivity contribution in [3.8, 4) is 5.75 Å². The van der Waals surface area contributed by atoms with Crippen LogP contribution in [0, 0.1) is 5.41 Å². The smallest absolute Gasteiger partial charge is 0.341 e. The van der Waals surface area contributed by atoms with Crippen LogP contribution in [0.4, 0.5) is 0 Å². The number of carboxylic acid groups (broad SMARTS) is 1. The SMILES string of the molecule is O=C(O)COc1cc2c(c(Cl)c1Cl)C(=NO)C1(CCCCC1)C2. The van der Waals surface area contributed by atoms with E-state index in [1.807, 2.05) is 0 Å². The van der Waals surface area contributed by atoms with Gasteiger partial charge in [0.05, 0.1) is 10.7 Å². The number of hydrogen-bond donors (Lipinski definition) is 2. The molecule has 1 aromatic rings.